The van der Waals surface area contributed by atoms with Gasteiger partial charge in [0.15, 0.2) is 11.5 Å². The monoisotopic (exact) mass is 337 g/mol. The Bertz CT molecular complexity index is 829. The Morgan fingerprint density at radius 1 is 1.35 bits per heavy atom. The second-order valence-electron chi connectivity index (χ2n) is 5.37. The van der Waals surface area contributed by atoms with Gasteiger partial charge < -0.3 is 9.47 Å². The number of nitrogens with one attached hydrogen (secondary N) is 1. The molecule has 3 rings (SSSR count). The van der Waals surface area contributed by atoms with Crippen LogP contribution in [0.15, 0.2) is 29.3 Å². The van der Waals surface area contributed by atoms with Crippen molar-refractivity contribution >= 4 is 10.0 Å². The molecule has 1 aliphatic heterocycles. The van der Waals surface area contributed by atoms with E-state index in [1.807, 2.05) is 13.0 Å². The minimum Gasteiger partial charge on any atom is -0.454 e. The average Bonchev–Trinajstić information content (AvgIpc) is 3.11. The van der Waals surface area contributed by atoms with Gasteiger partial charge in [-0.3, -0.25) is 4.68 Å². The standard InChI is InChI=1S/C15H19N3O4S/c1-4-18-11(3)15(8-16-18)23(19,20)17-10(2)12-5-6-13-14(7-12)22-9-21-13/h5-8,10,17H,4,9H2,1-3H3/t10-/m1/s1. The molecule has 1 atom stereocenters. The number of nitrogens with zero attached hydrogens (tertiary/aromatic N) is 2. The van der Waals surface area contributed by atoms with Gasteiger partial charge in [0.05, 0.1) is 11.9 Å². The van der Waals surface area contributed by atoms with Gasteiger partial charge in [0, 0.05) is 12.6 Å². The SMILES string of the molecule is CCn1ncc(S(=O)(=O)N[C@H](C)c2ccc3c(c2)OCO3)c1C. The van der Waals surface area contributed by atoms with Crippen molar-refractivity contribution < 1.29 is 17.9 Å². The maximum atomic E-state index is 12.6. The van der Waals surface area contributed by atoms with Gasteiger partial charge in [-0.15, -0.1) is 0 Å². The Labute approximate surface area is 135 Å². The number of benzene rings is 1. The topological polar surface area (TPSA) is 82.5 Å². The molecule has 1 aromatic heterocycles. The summed E-state index contributed by atoms with van der Waals surface area (Å²) in [5.74, 6) is 1.30. The van der Waals surface area contributed by atoms with Gasteiger partial charge in [-0.05, 0) is 38.5 Å². The van der Waals surface area contributed by atoms with Gasteiger partial charge >= 0.3 is 0 Å². The number of aryl methyl sites for hydroxylation is 1. The van der Waals surface area contributed by atoms with Gasteiger partial charge in [0.1, 0.15) is 4.90 Å². The molecule has 1 aromatic carbocycles. The van der Waals surface area contributed by atoms with E-state index in [2.05, 4.69) is 9.82 Å². The van der Waals surface area contributed by atoms with Crippen LogP contribution >= 0.6 is 0 Å². The van der Waals surface area contributed by atoms with E-state index < -0.39 is 16.1 Å². The smallest absolute Gasteiger partial charge is 0.244 e. The molecule has 7 nitrogen and oxygen atoms in total. The first-order valence-corrected chi connectivity index (χ1v) is 8.85. The molecule has 0 unspecified atom stereocenters. The second-order valence-corrected chi connectivity index (χ2v) is 7.05. The highest BCUT2D eigenvalue weighted by molar-refractivity contribution is 7.89. The van der Waals surface area contributed by atoms with E-state index in [1.54, 1.807) is 30.7 Å². The van der Waals surface area contributed by atoms with Crippen LogP contribution in [0.4, 0.5) is 0 Å². The molecule has 1 aliphatic rings. The van der Waals surface area contributed by atoms with Crippen molar-refractivity contribution in [3.8, 4) is 11.5 Å². The highest BCUT2D eigenvalue weighted by Crippen LogP contribution is 2.34. The summed E-state index contributed by atoms with van der Waals surface area (Å²) in [6, 6.07) is 4.99. The normalized spacial score (nSPS) is 14.9. The molecule has 0 fully saturated rings. The molecule has 0 bridgehead atoms. The maximum absolute atomic E-state index is 12.6. The third-order valence-electron chi connectivity index (χ3n) is 3.88. The summed E-state index contributed by atoms with van der Waals surface area (Å²) in [4.78, 5) is 0.201. The predicted octanol–water partition coefficient (Wildman–Crippen LogP) is 1.98. The number of fused-ring (bicyclic) bond motifs is 1. The molecule has 0 spiro atoms. The van der Waals surface area contributed by atoms with E-state index in [-0.39, 0.29) is 11.7 Å². The van der Waals surface area contributed by atoms with E-state index in [0.29, 0.717) is 23.7 Å². The molecule has 0 aliphatic carbocycles. The molecule has 0 saturated carbocycles. The molecular weight excluding hydrogens is 318 g/mol. The Morgan fingerprint density at radius 2 is 2.09 bits per heavy atom. The van der Waals surface area contributed by atoms with Crippen molar-refractivity contribution in [2.24, 2.45) is 0 Å². The first-order chi connectivity index (χ1) is 10.9. The molecule has 23 heavy (non-hydrogen) atoms. The lowest BCUT2D eigenvalue weighted by atomic mass is 10.1. The Kier molecular flexibility index (Phi) is 4.03. The fourth-order valence-corrected chi connectivity index (χ4v) is 3.97. The Balaban J connectivity index is 1.83. The van der Waals surface area contributed by atoms with Crippen LogP contribution in [-0.4, -0.2) is 25.0 Å². The zero-order valence-electron chi connectivity index (χ0n) is 13.2. The van der Waals surface area contributed by atoms with E-state index >= 15 is 0 Å². The third kappa shape index (κ3) is 2.91. The summed E-state index contributed by atoms with van der Waals surface area (Å²) in [5, 5.41) is 4.09. The van der Waals surface area contributed by atoms with E-state index in [4.69, 9.17) is 9.47 Å². The zero-order valence-corrected chi connectivity index (χ0v) is 14.1. The quantitative estimate of drug-likeness (QED) is 0.902. The molecule has 8 heteroatoms. The summed E-state index contributed by atoms with van der Waals surface area (Å²) >= 11 is 0. The van der Waals surface area contributed by atoms with Gasteiger partial charge in [-0.2, -0.15) is 5.10 Å². The predicted molar refractivity (Wildman–Crippen MR) is 83.9 cm³/mol. The number of hydrogen-bond acceptors (Lipinski definition) is 5. The number of sulfonamides is 1. The van der Waals surface area contributed by atoms with Gasteiger partial charge in [-0.25, -0.2) is 13.1 Å². The summed E-state index contributed by atoms with van der Waals surface area (Å²) in [7, 11) is -3.65. The highest BCUT2D eigenvalue weighted by Gasteiger charge is 2.24. The first kappa shape index (κ1) is 15.8. The van der Waals surface area contributed by atoms with Crippen molar-refractivity contribution in [3.63, 3.8) is 0 Å². The number of ether oxygens (including phenoxy) is 2. The summed E-state index contributed by atoms with van der Waals surface area (Å²) in [6.07, 6.45) is 1.38. The number of aromatic nitrogens is 2. The molecule has 0 amide bonds. The largest absolute Gasteiger partial charge is 0.454 e. The van der Waals surface area contributed by atoms with Crippen LogP contribution in [0.3, 0.4) is 0 Å². The van der Waals surface area contributed by atoms with Gasteiger partial charge in [0.25, 0.3) is 0 Å². The van der Waals surface area contributed by atoms with Crippen LogP contribution in [0.5, 0.6) is 11.5 Å². The third-order valence-corrected chi connectivity index (χ3v) is 5.52. The molecule has 2 heterocycles. The van der Waals surface area contributed by atoms with Crippen LogP contribution in [-0.2, 0) is 16.6 Å². The van der Waals surface area contributed by atoms with Crippen LogP contribution in [0.25, 0.3) is 0 Å². The van der Waals surface area contributed by atoms with Crippen LogP contribution < -0.4 is 14.2 Å². The number of rotatable bonds is 5. The van der Waals surface area contributed by atoms with Crippen molar-refractivity contribution in [2.75, 3.05) is 6.79 Å². The van der Waals surface area contributed by atoms with Crippen molar-refractivity contribution in [2.45, 2.75) is 38.3 Å². The highest BCUT2D eigenvalue weighted by atomic mass is 32.2. The minimum atomic E-state index is -3.65. The minimum absolute atomic E-state index is 0.189. The van der Waals surface area contributed by atoms with E-state index in [0.717, 1.165) is 5.56 Å². The molecule has 0 saturated heterocycles. The van der Waals surface area contributed by atoms with Gasteiger partial charge in [0.2, 0.25) is 16.8 Å². The molecule has 1 N–H and O–H groups in total. The lowest BCUT2D eigenvalue weighted by Gasteiger charge is -2.15. The first-order valence-electron chi connectivity index (χ1n) is 7.36. The fraction of sp³-hybridized carbons (Fsp3) is 0.400. The van der Waals surface area contributed by atoms with E-state index in [9.17, 15) is 8.42 Å². The van der Waals surface area contributed by atoms with Crippen molar-refractivity contribution in [1.29, 1.82) is 0 Å². The van der Waals surface area contributed by atoms with Crippen LogP contribution in [0.2, 0.25) is 0 Å². The second kappa shape index (κ2) is 5.86. The molecular formula is C15H19N3O4S. The zero-order chi connectivity index (χ0) is 16.6. The summed E-state index contributed by atoms with van der Waals surface area (Å²) in [6.45, 7) is 6.26. The Hall–Kier alpha value is -2.06. The molecule has 0 radical (unpaired) electrons. The lowest BCUT2D eigenvalue weighted by molar-refractivity contribution is 0.174. The Morgan fingerprint density at radius 3 is 2.78 bits per heavy atom. The number of hydrogen-bond donors (Lipinski definition) is 1. The van der Waals surface area contributed by atoms with Crippen LogP contribution in [0, 0.1) is 6.92 Å². The molecule has 124 valence electrons. The van der Waals surface area contributed by atoms with E-state index in [1.165, 1.54) is 6.20 Å². The van der Waals surface area contributed by atoms with Gasteiger partial charge in [-0.1, -0.05) is 6.07 Å². The maximum Gasteiger partial charge on any atom is 0.244 e. The van der Waals surface area contributed by atoms with Crippen molar-refractivity contribution in [3.05, 3.63) is 35.7 Å². The lowest BCUT2D eigenvalue weighted by Crippen LogP contribution is -2.27. The fourth-order valence-electron chi connectivity index (χ4n) is 2.56. The van der Waals surface area contributed by atoms with Crippen LogP contribution in [0.1, 0.15) is 31.1 Å². The summed E-state index contributed by atoms with van der Waals surface area (Å²) in [5.41, 5.74) is 1.43. The average molecular weight is 337 g/mol. The van der Waals surface area contributed by atoms with Crippen molar-refractivity contribution in [1.82, 2.24) is 14.5 Å². The summed E-state index contributed by atoms with van der Waals surface area (Å²) < 4.78 is 40.1. The molecule has 2 aromatic rings.